The van der Waals surface area contributed by atoms with Crippen molar-refractivity contribution in [2.24, 2.45) is 0 Å². The Labute approximate surface area is 516 Å². The monoisotopic (exact) mass is 1280 g/mol. The maximum absolute atomic E-state index is 13.3. The van der Waals surface area contributed by atoms with Crippen molar-refractivity contribution >= 4 is 46.4 Å². The third-order valence-corrected chi connectivity index (χ3v) is 13.6. The second-order valence-electron chi connectivity index (χ2n) is 20.5. The Morgan fingerprint density at radius 3 is 0.976 bits per heavy atom. The molecule has 0 aliphatic heterocycles. The molecule has 10 rings (SSSR count). The van der Waals surface area contributed by atoms with Crippen molar-refractivity contribution in [3.63, 3.8) is 0 Å². The average molecular weight is 1290 g/mol. The van der Waals surface area contributed by atoms with Crippen molar-refractivity contribution < 1.29 is 71.8 Å². The van der Waals surface area contributed by atoms with Crippen molar-refractivity contribution in [2.75, 3.05) is 0 Å². The molecule has 0 amide bonds. The molecule has 2 aromatic heterocycles. The van der Waals surface area contributed by atoms with E-state index in [-0.39, 0.29) is 94.5 Å². The topological polar surface area (TPSA) is 118 Å². The van der Waals surface area contributed by atoms with Crippen LogP contribution >= 0.6 is 46.4 Å². The van der Waals surface area contributed by atoms with Gasteiger partial charge in [0.25, 0.3) is 11.8 Å². The average Bonchev–Trinajstić information content (AvgIpc) is 4.13. The summed E-state index contributed by atoms with van der Waals surface area (Å²) in [5, 5.41) is 31.4. The number of hydrogen-bond acceptors (Lipinski definition) is 8. The summed E-state index contributed by atoms with van der Waals surface area (Å²) in [7, 11) is 0. The van der Waals surface area contributed by atoms with E-state index in [4.69, 9.17) is 55.4 Å². The van der Waals surface area contributed by atoms with Gasteiger partial charge in [-0.25, -0.2) is 0 Å². The number of phenolic OH excluding ortho intramolecular Hbond substituents is 2. The van der Waals surface area contributed by atoms with Crippen LogP contribution in [0.15, 0.2) is 179 Å². The number of alkyl halides is 6. The first-order valence-electron chi connectivity index (χ1n) is 24.9. The summed E-state index contributed by atoms with van der Waals surface area (Å²) in [6.07, 6.45) is -9.04. The van der Waals surface area contributed by atoms with Gasteiger partial charge in [-0.15, -0.1) is 24.3 Å². The van der Waals surface area contributed by atoms with Crippen LogP contribution < -0.4 is 0 Å². The van der Waals surface area contributed by atoms with Gasteiger partial charge in [-0.3, -0.25) is 0 Å². The Morgan fingerprint density at radius 2 is 0.699 bits per heavy atom. The summed E-state index contributed by atoms with van der Waals surface area (Å²) in [6.45, 7) is 19.1. The Bertz CT molecular complexity index is 3540. The molecule has 2 heterocycles. The fourth-order valence-electron chi connectivity index (χ4n) is 7.87. The molecular formula is C64H52Cl4F6N4O4Zr. The number of nitrogens with zero attached hydrogens (tertiary/aromatic N) is 4. The van der Waals surface area contributed by atoms with Crippen LogP contribution in [-0.2, 0) is 49.4 Å². The number of benzene rings is 8. The van der Waals surface area contributed by atoms with E-state index in [9.17, 15) is 36.6 Å². The molecule has 0 saturated heterocycles. The second kappa shape index (κ2) is 27.1. The third kappa shape index (κ3) is 16.6. The molecule has 0 aliphatic rings. The van der Waals surface area contributed by atoms with Crippen LogP contribution in [0.3, 0.4) is 0 Å². The van der Waals surface area contributed by atoms with Crippen LogP contribution in [0.1, 0.15) is 74.9 Å². The molecular weight excluding hydrogens is 1240 g/mol. The summed E-state index contributed by atoms with van der Waals surface area (Å²) >= 11 is 25.0. The van der Waals surface area contributed by atoms with Crippen LogP contribution in [0.4, 0.5) is 26.3 Å². The molecule has 2 N–H and O–H groups in total. The molecule has 426 valence electrons. The van der Waals surface area contributed by atoms with Crippen LogP contribution in [0, 0.1) is 13.8 Å². The fourth-order valence-corrected chi connectivity index (χ4v) is 9.01. The molecule has 0 aliphatic carbocycles. The van der Waals surface area contributed by atoms with E-state index in [1.807, 2.05) is 102 Å². The van der Waals surface area contributed by atoms with Crippen LogP contribution in [0.2, 0.25) is 20.1 Å². The Balaban J connectivity index is 0.000000213. The number of aromatic hydroxyl groups is 2. The summed E-state index contributed by atoms with van der Waals surface area (Å²) in [6, 6.07) is 45.8. The standard InChI is InChI=1S/2C25H19Cl2F3N2O2.2C7H7.Zr/c2*1-24(2,3)15-11-16(13-6-4-7-14(10-13)25(28,29)30)21(33)17(12-15)23-31-22(32-34-23)20-18(26)8-5-9-19(20)27;2*1-7-5-3-2-4-6-7;/h2*4-12,33H,1-3H3;2*2-6H,1H2;/q;;2*-1;+2. The van der Waals surface area contributed by atoms with E-state index in [0.29, 0.717) is 31.2 Å². The summed E-state index contributed by atoms with van der Waals surface area (Å²) in [4.78, 5) is 8.72. The maximum Gasteiger partial charge on any atom is 2.00 e. The maximum atomic E-state index is 13.3. The normalized spacial score (nSPS) is 11.5. The van der Waals surface area contributed by atoms with Gasteiger partial charge in [0.15, 0.2) is 0 Å². The number of hydrogen-bond donors (Lipinski definition) is 2. The quantitative estimate of drug-likeness (QED) is 0.125. The molecule has 0 atom stereocenters. The predicted octanol–water partition coefficient (Wildman–Crippen LogP) is 20.5. The first-order chi connectivity index (χ1) is 38.5. The Morgan fingerprint density at radius 1 is 0.398 bits per heavy atom. The van der Waals surface area contributed by atoms with Gasteiger partial charge in [-0.05, 0) is 106 Å². The second-order valence-corrected chi connectivity index (χ2v) is 22.1. The largest absolute Gasteiger partial charge is 2.00 e. The van der Waals surface area contributed by atoms with Crippen molar-refractivity contribution in [1.82, 2.24) is 20.3 Å². The van der Waals surface area contributed by atoms with Gasteiger partial charge in [0.1, 0.15) is 11.5 Å². The third-order valence-electron chi connectivity index (χ3n) is 12.3. The minimum absolute atomic E-state index is 0. The molecule has 19 heteroatoms. The van der Waals surface area contributed by atoms with E-state index < -0.39 is 34.3 Å². The first-order valence-corrected chi connectivity index (χ1v) is 26.4. The molecule has 83 heavy (non-hydrogen) atoms. The molecule has 0 saturated carbocycles. The number of halogens is 10. The molecule has 0 fully saturated rings. The minimum Gasteiger partial charge on any atom is -0.506 e. The van der Waals surface area contributed by atoms with Crippen LogP contribution in [-0.4, -0.2) is 30.5 Å². The van der Waals surface area contributed by atoms with Crippen molar-refractivity contribution in [3.8, 4) is 79.4 Å². The van der Waals surface area contributed by atoms with Crippen molar-refractivity contribution in [3.05, 3.63) is 237 Å². The van der Waals surface area contributed by atoms with E-state index in [2.05, 4.69) is 34.1 Å². The molecule has 0 spiro atoms. The Kier molecular flexibility index (Phi) is 21.3. The number of phenols is 2. The molecule has 8 aromatic carbocycles. The predicted molar refractivity (Wildman–Crippen MR) is 314 cm³/mol. The molecule has 0 unspecified atom stereocenters. The SMILES string of the molecule is CC(C)(C)c1cc(-c2cccc(C(F)(F)F)c2)c(O)c(-c2nc(-c3c(Cl)cccc3Cl)no2)c1.CC(C)(C)c1cc(-c2cccc(C(F)(F)F)c2)c(O)c(-c2nc(-c3c(Cl)cccc3Cl)no2)c1.[CH2-]c1ccccc1.[CH2-]c1ccccc1.[Zr+2]. The molecule has 0 radical (unpaired) electrons. The van der Waals surface area contributed by atoms with Crippen LogP contribution in [0.25, 0.3) is 67.9 Å². The summed E-state index contributed by atoms with van der Waals surface area (Å²) in [5.41, 5.74) is 3.15. The zero-order chi connectivity index (χ0) is 59.9. The van der Waals surface area contributed by atoms with E-state index in [1.54, 1.807) is 60.7 Å². The fraction of sp³-hybridized carbons (Fsp3) is 0.156. The van der Waals surface area contributed by atoms with Crippen LogP contribution in [0.5, 0.6) is 11.5 Å². The van der Waals surface area contributed by atoms with E-state index >= 15 is 0 Å². The summed E-state index contributed by atoms with van der Waals surface area (Å²) < 4.78 is 90.7. The minimum atomic E-state index is -4.52. The number of aromatic nitrogens is 4. The van der Waals surface area contributed by atoms with Gasteiger partial charge < -0.3 is 19.3 Å². The van der Waals surface area contributed by atoms with Crippen molar-refractivity contribution in [1.29, 1.82) is 0 Å². The number of rotatable bonds is 6. The van der Waals surface area contributed by atoms with Crippen molar-refractivity contribution in [2.45, 2.75) is 64.7 Å². The van der Waals surface area contributed by atoms with Gasteiger partial charge in [0, 0.05) is 11.1 Å². The zero-order valence-corrected chi connectivity index (χ0v) is 50.8. The van der Waals surface area contributed by atoms with E-state index in [0.717, 1.165) is 46.5 Å². The molecule has 8 nitrogen and oxygen atoms in total. The van der Waals surface area contributed by atoms with Gasteiger partial charge >= 0.3 is 38.6 Å². The molecule has 0 bridgehead atoms. The summed E-state index contributed by atoms with van der Waals surface area (Å²) in [5.74, 6) is -0.384. The van der Waals surface area contributed by atoms with Gasteiger partial charge in [0.05, 0.1) is 53.5 Å². The zero-order valence-electron chi connectivity index (χ0n) is 45.4. The van der Waals surface area contributed by atoms with E-state index in [1.165, 1.54) is 24.3 Å². The van der Waals surface area contributed by atoms with Gasteiger partial charge in [-0.2, -0.15) is 85.6 Å². The van der Waals surface area contributed by atoms with Gasteiger partial charge in [-0.1, -0.05) is 147 Å². The smallest absolute Gasteiger partial charge is 0.506 e. The Hall–Kier alpha value is -7.00. The first kappa shape index (κ1) is 65.2. The molecule has 10 aromatic rings. The van der Waals surface area contributed by atoms with Gasteiger partial charge in [0.2, 0.25) is 11.6 Å².